The summed E-state index contributed by atoms with van der Waals surface area (Å²) in [5.41, 5.74) is -0.898. The first kappa shape index (κ1) is 14.4. The van der Waals surface area contributed by atoms with E-state index in [0.29, 0.717) is 0 Å². The highest BCUT2D eigenvalue weighted by atomic mass is 19.3. The van der Waals surface area contributed by atoms with Crippen LogP contribution in [0.5, 0.6) is 0 Å². The second-order valence-corrected chi connectivity index (χ2v) is 6.89. The van der Waals surface area contributed by atoms with Gasteiger partial charge in [-0.3, -0.25) is 0 Å². The average molecular weight is 247 g/mol. The SMILES string of the molecule is C=C1NC(C(C)(C)C)C(C(C)(C)C)OC1(F)F. The highest BCUT2D eigenvalue weighted by Crippen LogP contribution is 2.42. The first-order valence-corrected chi connectivity index (χ1v) is 5.87. The summed E-state index contributed by atoms with van der Waals surface area (Å²) < 4.78 is 32.1. The third-order valence-electron chi connectivity index (χ3n) is 3.05. The van der Waals surface area contributed by atoms with E-state index < -0.39 is 12.2 Å². The zero-order valence-corrected chi connectivity index (χ0v) is 11.5. The minimum atomic E-state index is -3.29. The Morgan fingerprint density at radius 1 is 1.12 bits per heavy atom. The number of nitrogens with one attached hydrogen (secondary N) is 1. The van der Waals surface area contributed by atoms with Crippen LogP contribution in [0.15, 0.2) is 12.3 Å². The van der Waals surface area contributed by atoms with E-state index in [9.17, 15) is 8.78 Å². The molecule has 1 rings (SSSR count). The second-order valence-electron chi connectivity index (χ2n) is 6.89. The fourth-order valence-electron chi connectivity index (χ4n) is 1.99. The summed E-state index contributed by atoms with van der Waals surface area (Å²) in [5.74, 6) is 0. The Morgan fingerprint density at radius 3 is 1.94 bits per heavy atom. The number of morpholine rings is 1. The van der Waals surface area contributed by atoms with Crippen LogP contribution in [0.2, 0.25) is 0 Å². The predicted molar refractivity (Wildman–Crippen MR) is 64.8 cm³/mol. The summed E-state index contributed by atoms with van der Waals surface area (Å²) >= 11 is 0. The van der Waals surface area contributed by atoms with E-state index in [1.54, 1.807) is 0 Å². The lowest BCUT2D eigenvalue weighted by Crippen LogP contribution is -2.62. The minimum Gasteiger partial charge on any atom is -0.376 e. The van der Waals surface area contributed by atoms with Crippen LogP contribution in [0.3, 0.4) is 0 Å². The van der Waals surface area contributed by atoms with Gasteiger partial charge in [0.25, 0.3) is 0 Å². The smallest absolute Gasteiger partial charge is 0.376 e. The summed E-state index contributed by atoms with van der Waals surface area (Å²) in [6, 6.07) is -0.186. The number of rotatable bonds is 0. The zero-order chi connectivity index (χ0) is 13.6. The van der Waals surface area contributed by atoms with Crippen molar-refractivity contribution in [1.82, 2.24) is 5.32 Å². The molecule has 2 atom stereocenters. The Morgan fingerprint density at radius 2 is 1.59 bits per heavy atom. The summed E-state index contributed by atoms with van der Waals surface area (Å²) in [4.78, 5) is 0. The molecule has 1 aliphatic rings. The van der Waals surface area contributed by atoms with Gasteiger partial charge in [0, 0.05) is 0 Å². The number of hydrogen-bond acceptors (Lipinski definition) is 2. The number of hydrogen-bond donors (Lipinski definition) is 1. The van der Waals surface area contributed by atoms with Crippen molar-refractivity contribution in [2.45, 2.75) is 59.8 Å². The molecule has 0 aromatic heterocycles. The molecule has 0 saturated carbocycles. The Kier molecular flexibility index (Phi) is 3.34. The maximum atomic E-state index is 13.6. The molecule has 0 aliphatic carbocycles. The van der Waals surface area contributed by atoms with Gasteiger partial charge >= 0.3 is 6.11 Å². The maximum Gasteiger partial charge on any atom is 0.397 e. The Balaban J connectivity index is 3.08. The van der Waals surface area contributed by atoms with Gasteiger partial charge in [-0.05, 0) is 10.8 Å². The van der Waals surface area contributed by atoms with Gasteiger partial charge in [-0.1, -0.05) is 48.1 Å². The van der Waals surface area contributed by atoms with E-state index in [1.807, 2.05) is 41.5 Å². The zero-order valence-electron chi connectivity index (χ0n) is 11.5. The molecule has 0 amide bonds. The van der Waals surface area contributed by atoms with Crippen molar-refractivity contribution in [2.24, 2.45) is 10.8 Å². The monoisotopic (exact) mass is 247 g/mol. The molecule has 100 valence electrons. The van der Waals surface area contributed by atoms with Crippen molar-refractivity contribution in [2.75, 3.05) is 0 Å². The first-order chi connectivity index (χ1) is 7.36. The summed E-state index contributed by atoms with van der Waals surface area (Å²) in [5, 5.41) is 2.83. The van der Waals surface area contributed by atoms with Gasteiger partial charge in [0.05, 0.1) is 12.1 Å². The molecule has 0 aromatic carbocycles. The summed E-state index contributed by atoms with van der Waals surface area (Å²) in [7, 11) is 0. The molecule has 17 heavy (non-hydrogen) atoms. The minimum absolute atomic E-state index is 0.183. The number of halogens is 2. The lowest BCUT2D eigenvalue weighted by Gasteiger charge is -2.49. The predicted octanol–water partition coefficient (Wildman–Crippen LogP) is 3.54. The maximum absolute atomic E-state index is 13.6. The van der Waals surface area contributed by atoms with Crippen molar-refractivity contribution in [3.05, 3.63) is 12.3 Å². The largest absolute Gasteiger partial charge is 0.397 e. The molecule has 1 aliphatic heterocycles. The molecule has 0 spiro atoms. The van der Waals surface area contributed by atoms with Gasteiger partial charge in [-0.15, -0.1) is 0 Å². The molecule has 1 N–H and O–H groups in total. The molecule has 2 nitrogen and oxygen atoms in total. The van der Waals surface area contributed by atoms with E-state index in [1.165, 1.54) is 0 Å². The lowest BCUT2D eigenvalue weighted by atomic mass is 9.73. The number of alkyl halides is 2. The molecule has 1 heterocycles. The van der Waals surface area contributed by atoms with Gasteiger partial charge in [0.2, 0.25) is 0 Å². The Bertz CT molecular complexity index is 312. The van der Waals surface area contributed by atoms with Crippen LogP contribution in [-0.4, -0.2) is 18.3 Å². The van der Waals surface area contributed by atoms with Gasteiger partial charge < -0.3 is 10.1 Å². The van der Waals surface area contributed by atoms with Crippen molar-refractivity contribution in [3.8, 4) is 0 Å². The fraction of sp³-hybridized carbons (Fsp3) is 0.846. The van der Waals surface area contributed by atoms with Crippen LogP contribution in [-0.2, 0) is 4.74 Å². The van der Waals surface area contributed by atoms with Crippen LogP contribution in [0.1, 0.15) is 41.5 Å². The lowest BCUT2D eigenvalue weighted by molar-refractivity contribution is -0.285. The van der Waals surface area contributed by atoms with Crippen molar-refractivity contribution >= 4 is 0 Å². The normalized spacial score (nSPS) is 30.0. The standard InChI is InChI=1S/C13H23F2NO/c1-8-13(14,15)17-10(12(5,6)7)9(16-8)11(2,3)4/h9-10,16H,1H2,2-7H3. The van der Waals surface area contributed by atoms with Gasteiger partial charge in [-0.25, -0.2) is 0 Å². The topological polar surface area (TPSA) is 21.3 Å². The molecular weight excluding hydrogens is 224 g/mol. The van der Waals surface area contributed by atoms with Gasteiger partial charge in [0.15, 0.2) is 0 Å². The van der Waals surface area contributed by atoms with Crippen molar-refractivity contribution in [1.29, 1.82) is 0 Å². The number of ether oxygens (including phenoxy) is 1. The van der Waals surface area contributed by atoms with Gasteiger partial charge in [-0.2, -0.15) is 8.78 Å². The van der Waals surface area contributed by atoms with E-state index in [-0.39, 0.29) is 22.6 Å². The summed E-state index contributed by atoms with van der Waals surface area (Å²) in [6.45, 7) is 15.1. The highest BCUT2D eigenvalue weighted by molar-refractivity contribution is 5.11. The average Bonchev–Trinajstić information content (AvgIpc) is 2.05. The van der Waals surface area contributed by atoms with Gasteiger partial charge in [0.1, 0.15) is 5.70 Å². The van der Waals surface area contributed by atoms with Crippen molar-refractivity contribution in [3.63, 3.8) is 0 Å². The first-order valence-electron chi connectivity index (χ1n) is 5.87. The van der Waals surface area contributed by atoms with Crippen LogP contribution in [0, 0.1) is 10.8 Å². The molecule has 0 radical (unpaired) electrons. The third-order valence-corrected chi connectivity index (χ3v) is 3.05. The van der Waals surface area contributed by atoms with E-state index in [2.05, 4.69) is 11.9 Å². The van der Waals surface area contributed by atoms with Crippen LogP contribution >= 0.6 is 0 Å². The Labute approximate surface area is 102 Å². The van der Waals surface area contributed by atoms with Crippen molar-refractivity contribution < 1.29 is 13.5 Å². The third kappa shape index (κ3) is 2.97. The molecule has 4 heteroatoms. The molecule has 1 saturated heterocycles. The van der Waals surface area contributed by atoms with E-state index in [4.69, 9.17) is 4.74 Å². The Hall–Kier alpha value is -0.640. The second kappa shape index (κ2) is 3.94. The summed E-state index contributed by atoms with van der Waals surface area (Å²) in [6.07, 6.45) is -3.86. The van der Waals surface area contributed by atoms with E-state index in [0.717, 1.165) is 0 Å². The molecule has 1 fully saturated rings. The van der Waals surface area contributed by atoms with Crippen LogP contribution in [0.25, 0.3) is 0 Å². The quantitative estimate of drug-likeness (QED) is 0.707. The molecular formula is C13H23F2NO. The fourth-order valence-corrected chi connectivity index (χ4v) is 1.99. The highest BCUT2D eigenvalue weighted by Gasteiger charge is 2.52. The van der Waals surface area contributed by atoms with Crippen LogP contribution in [0.4, 0.5) is 8.78 Å². The molecule has 0 bridgehead atoms. The molecule has 2 unspecified atom stereocenters. The molecule has 0 aromatic rings. The van der Waals surface area contributed by atoms with Crippen LogP contribution < -0.4 is 5.32 Å². The van der Waals surface area contributed by atoms with E-state index >= 15 is 0 Å².